The second kappa shape index (κ2) is 6.31. The molecule has 1 aliphatic heterocycles. The Labute approximate surface area is 129 Å². The number of nitrogens with one attached hydrogen (secondary N) is 2. The number of halogens is 3. The van der Waals surface area contributed by atoms with E-state index >= 15 is 0 Å². The highest BCUT2D eigenvalue weighted by Crippen LogP contribution is 2.16. The highest BCUT2D eigenvalue weighted by atomic mass is 19.4. The minimum Gasteiger partial charge on any atom is -0.353 e. The molecule has 1 aromatic rings. The third-order valence-corrected chi connectivity index (χ3v) is 3.37. The number of hydrogen-bond donors (Lipinski definition) is 2. The summed E-state index contributed by atoms with van der Waals surface area (Å²) in [7, 11) is 0. The zero-order chi connectivity index (χ0) is 17.2. The molecule has 1 fully saturated rings. The number of hydrogen-bond acceptors (Lipinski definition) is 3. The van der Waals surface area contributed by atoms with Gasteiger partial charge in [0, 0.05) is 19.3 Å². The Balaban J connectivity index is 2.17. The normalized spacial score (nSPS) is 18.5. The lowest BCUT2D eigenvalue weighted by atomic mass is 10.2. The van der Waals surface area contributed by atoms with Gasteiger partial charge in [-0.05, 0) is 19.1 Å². The van der Waals surface area contributed by atoms with E-state index in [0.717, 1.165) is 6.20 Å². The van der Waals surface area contributed by atoms with E-state index in [1.54, 1.807) is 0 Å². The molecular weight excluding hydrogens is 317 g/mol. The Kier molecular flexibility index (Phi) is 4.62. The number of piperazine rings is 1. The summed E-state index contributed by atoms with van der Waals surface area (Å²) < 4.78 is 37.7. The van der Waals surface area contributed by atoms with E-state index in [9.17, 15) is 27.6 Å². The number of carbonyl (C=O) groups is 2. The van der Waals surface area contributed by atoms with Crippen LogP contribution in [0.25, 0.3) is 0 Å². The summed E-state index contributed by atoms with van der Waals surface area (Å²) in [6.07, 6.45) is -3.56. The van der Waals surface area contributed by atoms with Gasteiger partial charge in [0.2, 0.25) is 5.91 Å². The molecule has 2 heterocycles. The quantitative estimate of drug-likeness (QED) is 0.839. The molecule has 1 aromatic heterocycles. The second-order valence-corrected chi connectivity index (χ2v) is 5.06. The van der Waals surface area contributed by atoms with Crippen molar-refractivity contribution in [1.82, 2.24) is 14.8 Å². The first-order valence-corrected chi connectivity index (χ1v) is 6.80. The molecule has 0 radical (unpaired) electrons. The van der Waals surface area contributed by atoms with Crippen LogP contribution < -0.4 is 16.2 Å². The number of urea groups is 1. The molecule has 0 aromatic carbocycles. The maximum absolute atomic E-state index is 12.4. The molecule has 0 spiro atoms. The van der Waals surface area contributed by atoms with Crippen LogP contribution in [-0.4, -0.2) is 46.7 Å². The highest BCUT2D eigenvalue weighted by Gasteiger charge is 2.31. The third kappa shape index (κ3) is 4.02. The predicted octanol–water partition coefficient (Wildman–Crippen LogP) is 0.763. The molecule has 23 heavy (non-hydrogen) atoms. The van der Waals surface area contributed by atoms with Crippen molar-refractivity contribution < 1.29 is 22.8 Å². The smallest absolute Gasteiger partial charge is 0.353 e. The lowest BCUT2D eigenvalue weighted by Crippen LogP contribution is -2.57. The van der Waals surface area contributed by atoms with Gasteiger partial charge in [0.05, 0.1) is 0 Å². The summed E-state index contributed by atoms with van der Waals surface area (Å²) in [5.41, 5.74) is -1.24. The van der Waals surface area contributed by atoms with Gasteiger partial charge in [0.25, 0.3) is 5.56 Å². The number of pyridine rings is 1. The fourth-order valence-electron chi connectivity index (χ4n) is 2.20. The SMILES string of the molecule is CC1C(=O)NCCN1C(=O)Nc1cccn(CC(F)(F)F)c1=O. The number of carbonyl (C=O) groups excluding carboxylic acids is 2. The molecule has 0 saturated carbocycles. The minimum atomic E-state index is -4.55. The molecule has 3 amide bonds. The van der Waals surface area contributed by atoms with Gasteiger partial charge in [-0.1, -0.05) is 0 Å². The van der Waals surface area contributed by atoms with E-state index < -0.39 is 30.4 Å². The molecule has 0 aliphatic carbocycles. The van der Waals surface area contributed by atoms with Crippen molar-refractivity contribution in [2.24, 2.45) is 0 Å². The van der Waals surface area contributed by atoms with E-state index in [0.29, 0.717) is 4.57 Å². The van der Waals surface area contributed by atoms with Gasteiger partial charge >= 0.3 is 12.2 Å². The van der Waals surface area contributed by atoms with Gasteiger partial charge in [0.15, 0.2) is 0 Å². The molecule has 2 N–H and O–H groups in total. The lowest BCUT2D eigenvalue weighted by Gasteiger charge is -2.32. The average Bonchev–Trinajstić information content (AvgIpc) is 2.44. The second-order valence-electron chi connectivity index (χ2n) is 5.06. The van der Waals surface area contributed by atoms with E-state index in [2.05, 4.69) is 10.6 Å². The van der Waals surface area contributed by atoms with Gasteiger partial charge in [-0.25, -0.2) is 4.79 Å². The largest absolute Gasteiger partial charge is 0.406 e. The monoisotopic (exact) mass is 332 g/mol. The number of amides is 3. The molecule has 126 valence electrons. The standard InChI is InChI=1S/C13H15F3N4O3/c1-8-10(21)17-4-6-20(8)12(23)18-9-3-2-5-19(11(9)22)7-13(14,15)16/h2-3,5,8H,4,6-7H2,1H3,(H,17,21)(H,18,23). The summed E-state index contributed by atoms with van der Waals surface area (Å²) in [6.45, 7) is 0.574. The molecule has 1 saturated heterocycles. The van der Waals surface area contributed by atoms with Gasteiger partial charge in [0.1, 0.15) is 18.3 Å². The molecule has 10 heteroatoms. The highest BCUT2D eigenvalue weighted by molar-refractivity contribution is 5.94. The van der Waals surface area contributed by atoms with E-state index in [-0.39, 0.29) is 24.7 Å². The van der Waals surface area contributed by atoms with Crippen molar-refractivity contribution in [3.05, 3.63) is 28.7 Å². The summed E-state index contributed by atoms with van der Waals surface area (Å²) >= 11 is 0. The molecular formula is C13H15F3N4O3. The first kappa shape index (κ1) is 16.8. The number of alkyl halides is 3. The fourth-order valence-corrected chi connectivity index (χ4v) is 2.20. The zero-order valence-electron chi connectivity index (χ0n) is 12.2. The van der Waals surface area contributed by atoms with Crippen LogP contribution in [0, 0.1) is 0 Å². The van der Waals surface area contributed by atoms with Crippen molar-refractivity contribution in [1.29, 1.82) is 0 Å². The van der Waals surface area contributed by atoms with Crippen LogP contribution in [0.4, 0.5) is 23.7 Å². The molecule has 2 rings (SSSR count). The van der Waals surface area contributed by atoms with Crippen molar-refractivity contribution in [2.75, 3.05) is 18.4 Å². The topological polar surface area (TPSA) is 83.4 Å². The van der Waals surface area contributed by atoms with Crippen LogP contribution in [0.15, 0.2) is 23.1 Å². The first-order valence-electron chi connectivity index (χ1n) is 6.80. The zero-order valence-corrected chi connectivity index (χ0v) is 12.2. The molecule has 7 nitrogen and oxygen atoms in total. The summed E-state index contributed by atoms with van der Waals surface area (Å²) in [4.78, 5) is 36.8. The molecule has 1 atom stereocenters. The molecule has 1 unspecified atom stereocenters. The average molecular weight is 332 g/mol. The predicted molar refractivity (Wildman–Crippen MR) is 75.0 cm³/mol. The molecule has 1 aliphatic rings. The Bertz CT molecular complexity index is 671. The van der Waals surface area contributed by atoms with Gasteiger partial charge in [-0.3, -0.25) is 9.59 Å². The third-order valence-electron chi connectivity index (χ3n) is 3.37. The van der Waals surface area contributed by atoms with E-state index in [4.69, 9.17) is 0 Å². The van der Waals surface area contributed by atoms with Crippen molar-refractivity contribution >= 4 is 17.6 Å². The van der Waals surface area contributed by atoms with E-state index in [1.165, 1.54) is 24.0 Å². The fraction of sp³-hybridized carbons (Fsp3) is 0.462. The van der Waals surface area contributed by atoms with Crippen molar-refractivity contribution in [3.8, 4) is 0 Å². The Hall–Kier alpha value is -2.52. The van der Waals surface area contributed by atoms with E-state index in [1.807, 2.05) is 0 Å². The maximum atomic E-state index is 12.4. The van der Waals surface area contributed by atoms with Crippen molar-refractivity contribution in [2.45, 2.75) is 25.7 Å². The summed E-state index contributed by atoms with van der Waals surface area (Å²) in [6, 6.07) is 0.996. The minimum absolute atomic E-state index is 0.238. The summed E-state index contributed by atoms with van der Waals surface area (Å²) in [5.74, 6) is -0.339. The van der Waals surface area contributed by atoms with Crippen LogP contribution >= 0.6 is 0 Å². The first-order chi connectivity index (χ1) is 10.7. The van der Waals surface area contributed by atoms with Crippen LogP contribution in [0.3, 0.4) is 0 Å². The van der Waals surface area contributed by atoms with Crippen LogP contribution in [0.1, 0.15) is 6.92 Å². The van der Waals surface area contributed by atoms with Crippen molar-refractivity contribution in [3.63, 3.8) is 0 Å². The maximum Gasteiger partial charge on any atom is 0.406 e. The summed E-state index contributed by atoms with van der Waals surface area (Å²) in [5, 5.41) is 4.84. The lowest BCUT2D eigenvalue weighted by molar-refractivity contribution is -0.141. The number of rotatable bonds is 2. The van der Waals surface area contributed by atoms with Gasteiger partial charge in [-0.15, -0.1) is 0 Å². The van der Waals surface area contributed by atoms with Crippen LogP contribution in [0.5, 0.6) is 0 Å². The van der Waals surface area contributed by atoms with Crippen LogP contribution in [0.2, 0.25) is 0 Å². The van der Waals surface area contributed by atoms with Crippen LogP contribution in [-0.2, 0) is 11.3 Å². The molecule has 0 bridgehead atoms. The van der Waals surface area contributed by atoms with Gasteiger partial charge < -0.3 is 20.1 Å². The Morgan fingerprint density at radius 2 is 2.13 bits per heavy atom. The Morgan fingerprint density at radius 1 is 1.43 bits per heavy atom. The number of aromatic nitrogens is 1. The van der Waals surface area contributed by atoms with Gasteiger partial charge in [-0.2, -0.15) is 13.2 Å². The number of nitrogens with zero attached hydrogens (tertiary/aromatic N) is 2. The number of anilines is 1. The Morgan fingerprint density at radius 3 is 2.78 bits per heavy atom.